The Bertz CT molecular complexity index is 119. The standard InChI is InChI=1S/C8H14O/c1-7(2)4-5-8(3)6-9/h7H,4-5H2,1-3H3. The number of hydrogen-bond acceptors (Lipinski definition) is 1. The molecule has 0 bridgehead atoms. The quantitative estimate of drug-likeness (QED) is 0.530. The molecule has 1 nitrogen and oxygen atoms in total. The molecule has 1 heteroatoms. The van der Waals surface area contributed by atoms with Crippen LogP contribution in [0.5, 0.6) is 0 Å². The highest BCUT2D eigenvalue weighted by atomic mass is 16.1. The molecular formula is C8H14O. The number of carbonyl (C=O) groups excluding carboxylic acids is 1. The van der Waals surface area contributed by atoms with Crippen LogP contribution in [-0.2, 0) is 4.79 Å². The van der Waals surface area contributed by atoms with Gasteiger partial charge in [-0.05, 0) is 25.7 Å². The zero-order chi connectivity index (χ0) is 7.28. The van der Waals surface area contributed by atoms with E-state index < -0.39 is 0 Å². The lowest BCUT2D eigenvalue weighted by atomic mass is 10.1. The summed E-state index contributed by atoms with van der Waals surface area (Å²) in [5.41, 5.74) is 0.837. The molecule has 9 heavy (non-hydrogen) atoms. The Kier molecular flexibility index (Phi) is 4.08. The molecule has 0 saturated carbocycles. The molecule has 0 aliphatic carbocycles. The van der Waals surface area contributed by atoms with E-state index in [4.69, 9.17) is 0 Å². The van der Waals surface area contributed by atoms with E-state index in [9.17, 15) is 4.79 Å². The molecule has 0 saturated heterocycles. The minimum absolute atomic E-state index is 0.688. The molecule has 0 aliphatic heterocycles. The van der Waals surface area contributed by atoms with E-state index in [0.29, 0.717) is 5.92 Å². The van der Waals surface area contributed by atoms with Gasteiger partial charge in [-0.2, -0.15) is 0 Å². The predicted molar refractivity (Wildman–Crippen MR) is 39.0 cm³/mol. The molecular weight excluding hydrogens is 112 g/mol. The summed E-state index contributed by atoms with van der Waals surface area (Å²) in [6.07, 6.45) is 2.00. The van der Waals surface area contributed by atoms with E-state index in [1.807, 2.05) is 12.9 Å². The maximum Gasteiger partial charge on any atom is 0.123 e. The number of allylic oxidation sites excluding steroid dienone is 1. The van der Waals surface area contributed by atoms with Gasteiger partial charge in [0.25, 0.3) is 0 Å². The van der Waals surface area contributed by atoms with Crippen molar-refractivity contribution < 1.29 is 4.79 Å². The van der Waals surface area contributed by atoms with Crippen LogP contribution in [0.3, 0.4) is 0 Å². The van der Waals surface area contributed by atoms with Crippen LogP contribution in [0.25, 0.3) is 0 Å². The van der Waals surface area contributed by atoms with Crippen LogP contribution in [-0.4, -0.2) is 5.94 Å². The summed E-state index contributed by atoms with van der Waals surface area (Å²) in [5, 5.41) is 0. The Balaban J connectivity index is 3.40. The van der Waals surface area contributed by atoms with E-state index >= 15 is 0 Å². The predicted octanol–water partition coefficient (Wildman–Crippen LogP) is 2.20. The summed E-state index contributed by atoms with van der Waals surface area (Å²) in [7, 11) is 0. The number of rotatable bonds is 3. The van der Waals surface area contributed by atoms with Gasteiger partial charge >= 0.3 is 0 Å². The third kappa shape index (κ3) is 5.32. The Morgan fingerprint density at radius 2 is 2.11 bits per heavy atom. The Labute approximate surface area is 56.8 Å². The fourth-order valence-corrected chi connectivity index (χ4v) is 0.556. The van der Waals surface area contributed by atoms with Crippen LogP contribution in [0.2, 0.25) is 0 Å². The Hall–Kier alpha value is -0.550. The first kappa shape index (κ1) is 8.45. The van der Waals surface area contributed by atoms with E-state index in [-0.39, 0.29) is 0 Å². The van der Waals surface area contributed by atoms with Crippen molar-refractivity contribution in [2.24, 2.45) is 5.92 Å². The van der Waals surface area contributed by atoms with Crippen molar-refractivity contribution in [2.45, 2.75) is 33.6 Å². The van der Waals surface area contributed by atoms with Crippen molar-refractivity contribution in [2.75, 3.05) is 0 Å². The molecule has 0 aromatic heterocycles. The summed E-state index contributed by atoms with van der Waals surface area (Å²) >= 11 is 0. The molecule has 0 heterocycles. The van der Waals surface area contributed by atoms with Crippen molar-refractivity contribution in [1.82, 2.24) is 0 Å². The maximum atomic E-state index is 9.96. The smallest absolute Gasteiger partial charge is 0.123 e. The van der Waals surface area contributed by atoms with Gasteiger partial charge in [0, 0.05) is 5.57 Å². The summed E-state index contributed by atoms with van der Waals surface area (Å²) in [4.78, 5) is 9.96. The molecule has 0 spiro atoms. The first-order valence-electron chi connectivity index (χ1n) is 3.37. The summed E-state index contributed by atoms with van der Waals surface area (Å²) in [6.45, 7) is 6.13. The molecule has 0 aromatic carbocycles. The van der Waals surface area contributed by atoms with Gasteiger partial charge in [0.1, 0.15) is 5.94 Å². The second-order valence-corrected chi connectivity index (χ2v) is 2.81. The van der Waals surface area contributed by atoms with Gasteiger partial charge in [0.15, 0.2) is 0 Å². The van der Waals surface area contributed by atoms with Crippen molar-refractivity contribution in [3.8, 4) is 0 Å². The van der Waals surface area contributed by atoms with Gasteiger partial charge in [-0.3, -0.25) is 0 Å². The van der Waals surface area contributed by atoms with Gasteiger partial charge in [-0.15, -0.1) is 0 Å². The molecule has 0 rings (SSSR count). The van der Waals surface area contributed by atoms with Gasteiger partial charge in [-0.1, -0.05) is 13.8 Å². The van der Waals surface area contributed by atoms with Crippen LogP contribution < -0.4 is 0 Å². The second kappa shape index (κ2) is 4.34. The Morgan fingerprint density at radius 1 is 1.56 bits per heavy atom. The lowest BCUT2D eigenvalue weighted by Gasteiger charge is -2.00. The maximum absolute atomic E-state index is 9.96. The highest BCUT2D eigenvalue weighted by molar-refractivity contribution is 5.50. The lowest BCUT2D eigenvalue weighted by molar-refractivity contribution is 0.558. The highest BCUT2D eigenvalue weighted by Crippen LogP contribution is 2.07. The normalized spacial score (nSPS) is 9.33. The van der Waals surface area contributed by atoms with Gasteiger partial charge < -0.3 is 0 Å². The Morgan fingerprint density at radius 3 is 2.44 bits per heavy atom. The van der Waals surface area contributed by atoms with E-state index in [2.05, 4.69) is 13.8 Å². The summed E-state index contributed by atoms with van der Waals surface area (Å²) in [6, 6.07) is 0. The lowest BCUT2D eigenvalue weighted by Crippen LogP contribution is -1.87. The molecule has 52 valence electrons. The first-order chi connectivity index (χ1) is 4.16. The van der Waals surface area contributed by atoms with Gasteiger partial charge in [0.2, 0.25) is 0 Å². The molecule has 0 amide bonds. The first-order valence-corrected chi connectivity index (χ1v) is 3.37. The molecule has 0 fully saturated rings. The average Bonchev–Trinajstić information content (AvgIpc) is 1.83. The van der Waals surface area contributed by atoms with E-state index in [1.165, 1.54) is 0 Å². The van der Waals surface area contributed by atoms with Crippen LogP contribution >= 0.6 is 0 Å². The van der Waals surface area contributed by atoms with Crippen molar-refractivity contribution in [1.29, 1.82) is 0 Å². The van der Waals surface area contributed by atoms with Crippen LogP contribution in [0.4, 0.5) is 0 Å². The topological polar surface area (TPSA) is 17.1 Å². The third-order valence-electron chi connectivity index (χ3n) is 1.27. The molecule has 0 unspecified atom stereocenters. The van der Waals surface area contributed by atoms with Gasteiger partial charge in [0.05, 0.1) is 0 Å². The molecule has 0 N–H and O–H groups in total. The van der Waals surface area contributed by atoms with Crippen molar-refractivity contribution in [3.05, 3.63) is 5.57 Å². The molecule has 0 aromatic rings. The highest BCUT2D eigenvalue weighted by Gasteiger charge is 1.94. The average molecular weight is 126 g/mol. The fraction of sp³-hybridized carbons (Fsp3) is 0.750. The molecule has 0 aliphatic rings. The van der Waals surface area contributed by atoms with Crippen molar-refractivity contribution >= 4 is 5.94 Å². The minimum atomic E-state index is 0.688. The number of hydrogen-bond donors (Lipinski definition) is 0. The zero-order valence-electron chi connectivity index (χ0n) is 6.40. The largest absolute Gasteiger partial charge is 0.234 e. The fourth-order valence-electron chi connectivity index (χ4n) is 0.556. The van der Waals surface area contributed by atoms with Crippen molar-refractivity contribution in [3.63, 3.8) is 0 Å². The monoisotopic (exact) mass is 126 g/mol. The summed E-state index contributed by atoms with van der Waals surface area (Å²) < 4.78 is 0. The van der Waals surface area contributed by atoms with Gasteiger partial charge in [-0.25, -0.2) is 4.79 Å². The second-order valence-electron chi connectivity index (χ2n) is 2.81. The van der Waals surface area contributed by atoms with E-state index in [1.54, 1.807) is 0 Å². The van der Waals surface area contributed by atoms with Crippen LogP contribution in [0.15, 0.2) is 5.57 Å². The minimum Gasteiger partial charge on any atom is -0.234 e. The summed E-state index contributed by atoms with van der Waals surface area (Å²) in [5.74, 6) is 2.58. The van der Waals surface area contributed by atoms with E-state index in [0.717, 1.165) is 18.4 Å². The molecule has 0 radical (unpaired) electrons. The van der Waals surface area contributed by atoms with Crippen LogP contribution in [0.1, 0.15) is 33.6 Å². The SMILES string of the molecule is CC(=C=O)CCC(C)C. The molecule has 0 atom stereocenters. The zero-order valence-corrected chi connectivity index (χ0v) is 6.40. The van der Waals surface area contributed by atoms with Crippen LogP contribution in [0, 0.1) is 5.92 Å². The third-order valence-corrected chi connectivity index (χ3v) is 1.27.